The van der Waals surface area contributed by atoms with Gasteiger partial charge in [0.25, 0.3) is 5.91 Å². The van der Waals surface area contributed by atoms with Crippen molar-refractivity contribution in [1.82, 2.24) is 4.98 Å². The van der Waals surface area contributed by atoms with Crippen LogP contribution in [0.4, 0.5) is 5.69 Å². The minimum absolute atomic E-state index is 0.196. The summed E-state index contributed by atoms with van der Waals surface area (Å²) < 4.78 is 11.7. The molecule has 0 unspecified atom stereocenters. The van der Waals surface area contributed by atoms with Crippen molar-refractivity contribution in [2.75, 3.05) is 5.32 Å². The van der Waals surface area contributed by atoms with Crippen molar-refractivity contribution in [1.29, 1.82) is 0 Å². The highest BCUT2D eigenvalue weighted by molar-refractivity contribution is 5.96. The first-order valence-corrected chi connectivity index (χ1v) is 9.62. The number of rotatable bonds is 6. The average Bonchev–Trinajstić information content (AvgIpc) is 3.16. The monoisotopic (exact) mass is 386 g/mol. The molecule has 4 rings (SSSR count). The second kappa shape index (κ2) is 8.19. The van der Waals surface area contributed by atoms with E-state index in [0.29, 0.717) is 34.8 Å². The third kappa shape index (κ3) is 4.29. The summed E-state index contributed by atoms with van der Waals surface area (Å²) in [5, 5.41) is 2.92. The van der Waals surface area contributed by atoms with Crippen LogP contribution in [0.25, 0.3) is 22.6 Å². The van der Waals surface area contributed by atoms with Crippen LogP contribution in [0, 0.1) is 6.92 Å². The molecular weight excluding hydrogens is 364 g/mol. The lowest BCUT2D eigenvalue weighted by Gasteiger charge is -2.17. The van der Waals surface area contributed by atoms with Crippen LogP contribution in [-0.2, 0) is 4.79 Å². The molecule has 1 N–H and O–H groups in total. The molecule has 1 atom stereocenters. The number of ether oxygens (including phenoxy) is 1. The summed E-state index contributed by atoms with van der Waals surface area (Å²) in [6.07, 6.45) is -0.0157. The van der Waals surface area contributed by atoms with Crippen molar-refractivity contribution in [3.05, 3.63) is 78.4 Å². The van der Waals surface area contributed by atoms with Crippen molar-refractivity contribution in [2.45, 2.75) is 26.4 Å². The first kappa shape index (κ1) is 18.7. The molecule has 0 aliphatic rings. The fourth-order valence-electron chi connectivity index (χ4n) is 3.12. The van der Waals surface area contributed by atoms with Crippen LogP contribution in [0.2, 0.25) is 0 Å². The number of carbonyl (C=O) groups excluding carboxylic acids is 1. The first-order valence-electron chi connectivity index (χ1n) is 9.62. The van der Waals surface area contributed by atoms with E-state index in [2.05, 4.69) is 10.3 Å². The largest absolute Gasteiger partial charge is 0.481 e. The van der Waals surface area contributed by atoms with Gasteiger partial charge < -0.3 is 14.5 Å². The number of oxazole rings is 1. The maximum absolute atomic E-state index is 12.7. The highest BCUT2D eigenvalue weighted by Crippen LogP contribution is 2.27. The normalized spacial score (nSPS) is 11.9. The van der Waals surface area contributed by atoms with Crippen LogP contribution in [0.3, 0.4) is 0 Å². The molecule has 0 aliphatic carbocycles. The SMILES string of the molecule is CC[C@H](Oc1ccccc1)C(=O)Nc1ccc2oc(-c3cccc(C)c3)nc2c1. The average molecular weight is 386 g/mol. The van der Waals surface area contributed by atoms with Gasteiger partial charge in [0, 0.05) is 11.3 Å². The molecule has 0 radical (unpaired) electrons. The molecule has 0 bridgehead atoms. The molecule has 29 heavy (non-hydrogen) atoms. The third-order valence-corrected chi connectivity index (χ3v) is 4.60. The summed E-state index contributed by atoms with van der Waals surface area (Å²) in [7, 11) is 0. The fourth-order valence-corrected chi connectivity index (χ4v) is 3.12. The molecule has 0 saturated carbocycles. The van der Waals surface area contributed by atoms with E-state index >= 15 is 0 Å². The van der Waals surface area contributed by atoms with Crippen LogP contribution in [0.5, 0.6) is 5.75 Å². The Morgan fingerprint density at radius 2 is 1.90 bits per heavy atom. The number of nitrogens with zero attached hydrogens (tertiary/aromatic N) is 1. The number of aryl methyl sites for hydroxylation is 1. The highest BCUT2D eigenvalue weighted by atomic mass is 16.5. The lowest BCUT2D eigenvalue weighted by Crippen LogP contribution is -2.32. The minimum Gasteiger partial charge on any atom is -0.481 e. The van der Waals surface area contributed by atoms with Crippen LogP contribution in [0.15, 0.2) is 77.2 Å². The number of hydrogen-bond acceptors (Lipinski definition) is 4. The Bertz CT molecular complexity index is 1140. The summed E-state index contributed by atoms with van der Waals surface area (Å²) in [4.78, 5) is 17.2. The number of hydrogen-bond donors (Lipinski definition) is 1. The number of fused-ring (bicyclic) bond motifs is 1. The number of benzene rings is 3. The molecule has 5 nitrogen and oxygen atoms in total. The van der Waals surface area contributed by atoms with E-state index in [0.717, 1.165) is 11.1 Å². The van der Waals surface area contributed by atoms with Gasteiger partial charge >= 0.3 is 0 Å². The molecule has 4 aromatic rings. The first-order chi connectivity index (χ1) is 14.1. The quantitative estimate of drug-likeness (QED) is 0.468. The van der Waals surface area contributed by atoms with Crippen molar-refractivity contribution in [3.8, 4) is 17.2 Å². The highest BCUT2D eigenvalue weighted by Gasteiger charge is 2.19. The zero-order valence-corrected chi connectivity index (χ0v) is 16.4. The maximum atomic E-state index is 12.7. The van der Waals surface area contributed by atoms with Gasteiger partial charge in [-0.1, -0.05) is 42.8 Å². The fraction of sp³-hybridized carbons (Fsp3) is 0.167. The minimum atomic E-state index is -0.576. The maximum Gasteiger partial charge on any atom is 0.265 e. The molecule has 3 aromatic carbocycles. The second-order valence-electron chi connectivity index (χ2n) is 6.89. The molecule has 5 heteroatoms. The number of nitrogens with one attached hydrogen (secondary N) is 1. The Kier molecular flexibility index (Phi) is 5.29. The third-order valence-electron chi connectivity index (χ3n) is 4.60. The van der Waals surface area contributed by atoms with Gasteiger partial charge in [0.05, 0.1) is 0 Å². The van der Waals surface area contributed by atoms with Gasteiger partial charge in [0.15, 0.2) is 11.7 Å². The number of aromatic nitrogens is 1. The smallest absolute Gasteiger partial charge is 0.265 e. The lowest BCUT2D eigenvalue weighted by atomic mass is 10.1. The number of para-hydroxylation sites is 1. The molecule has 0 saturated heterocycles. The molecule has 146 valence electrons. The number of carbonyl (C=O) groups is 1. The Morgan fingerprint density at radius 3 is 2.66 bits per heavy atom. The van der Waals surface area contributed by atoms with Crippen molar-refractivity contribution in [3.63, 3.8) is 0 Å². The van der Waals surface area contributed by atoms with Crippen LogP contribution >= 0.6 is 0 Å². The van der Waals surface area contributed by atoms with Crippen molar-refractivity contribution in [2.24, 2.45) is 0 Å². The van der Waals surface area contributed by atoms with Crippen LogP contribution in [-0.4, -0.2) is 17.0 Å². The van der Waals surface area contributed by atoms with Gasteiger partial charge in [-0.05, 0) is 55.8 Å². The van der Waals surface area contributed by atoms with Gasteiger partial charge in [-0.3, -0.25) is 4.79 Å². The molecule has 1 aromatic heterocycles. The Balaban J connectivity index is 1.52. The van der Waals surface area contributed by atoms with E-state index in [4.69, 9.17) is 9.15 Å². The van der Waals surface area contributed by atoms with Gasteiger partial charge in [0.2, 0.25) is 5.89 Å². The molecule has 1 amide bonds. The lowest BCUT2D eigenvalue weighted by molar-refractivity contribution is -0.122. The van der Waals surface area contributed by atoms with E-state index in [1.165, 1.54) is 0 Å². The Labute approximate surface area is 169 Å². The Morgan fingerprint density at radius 1 is 1.07 bits per heavy atom. The van der Waals surface area contributed by atoms with E-state index in [-0.39, 0.29) is 5.91 Å². The zero-order valence-electron chi connectivity index (χ0n) is 16.4. The molecule has 0 aliphatic heterocycles. The van der Waals surface area contributed by atoms with Crippen molar-refractivity contribution >= 4 is 22.7 Å². The van der Waals surface area contributed by atoms with Gasteiger partial charge in [-0.2, -0.15) is 0 Å². The van der Waals surface area contributed by atoms with Gasteiger partial charge in [-0.25, -0.2) is 4.98 Å². The van der Waals surface area contributed by atoms with Gasteiger partial charge in [-0.15, -0.1) is 0 Å². The molecule has 0 fully saturated rings. The van der Waals surface area contributed by atoms with Crippen LogP contribution < -0.4 is 10.1 Å². The van der Waals surface area contributed by atoms with Gasteiger partial charge in [0.1, 0.15) is 11.3 Å². The summed E-state index contributed by atoms with van der Waals surface area (Å²) in [5.74, 6) is 1.04. The predicted octanol–water partition coefficient (Wildman–Crippen LogP) is 5.60. The summed E-state index contributed by atoms with van der Waals surface area (Å²) >= 11 is 0. The number of amides is 1. The standard InChI is InChI=1S/C24H22N2O3/c1-3-21(28-19-10-5-4-6-11-19)23(27)25-18-12-13-22-20(15-18)26-24(29-22)17-9-7-8-16(2)14-17/h4-15,21H,3H2,1-2H3,(H,25,27)/t21-/m0/s1. The van der Waals surface area contributed by atoms with E-state index in [1.807, 2.05) is 80.6 Å². The summed E-state index contributed by atoms with van der Waals surface area (Å²) in [6, 6.07) is 22.8. The van der Waals surface area contributed by atoms with E-state index in [9.17, 15) is 4.79 Å². The van der Waals surface area contributed by atoms with Crippen LogP contribution in [0.1, 0.15) is 18.9 Å². The molecule has 1 heterocycles. The Hall–Kier alpha value is -3.60. The summed E-state index contributed by atoms with van der Waals surface area (Å²) in [5.41, 5.74) is 4.08. The topological polar surface area (TPSA) is 64.4 Å². The zero-order chi connectivity index (χ0) is 20.2. The predicted molar refractivity (Wildman–Crippen MR) is 114 cm³/mol. The molecular formula is C24H22N2O3. The van der Waals surface area contributed by atoms with Crippen molar-refractivity contribution < 1.29 is 13.9 Å². The summed E-state index contributed by atoms with van der Waals surface area (Å²) in [6.45, 7) is 3.95. The number of anilines is 1. The van der Waals surface area contributed by atoms with E-state index in [1.54, 1.807) is 6.07 Å². The second-order valence-corrected chi connectivity index (χ2v) is 6.89. The van der Waals surface area contributed by atoms with E-state index < -0.39 is 6.10 Å². The molecule has 0 spiro atoms.